The molecule has 0 aliphatic carbocycles. The van der Waals surface area contributed by atoms with E-state index in [1.807, 2.05) is 31.6 Å². The number of hydrogen-bond donors (Lipinski definition) is 2. The summed E-state index contributed by atoms with van der Waals surface area (Å²) in [5.74, 6) is 0. The van der Waals surface area contributed by atoms with Gasteiger partial charge < -0.3 is 15.4 Å². The number of urea groups is 1. The molecule has 2 rings (SSSR count). The van der Waals surface area contributed by atoms with Gasteiger partial charge in [-0.1, -0.05) is 13.3 Å². The maximum atomic E-state index is 12.3. The molecule has 1 saturated heterocycles. The molecule has 2 N–H and O–H groups in total. The van der Waals surface area contributed by atoms with E-state index in [0.717, 1.165) is 37.1 Å². The van der Waals surface area contributed by atoms with Crippen molar-refractivity contribution in [2.75, 3.05) is 0 Å². The van der Waals surface area contributed by atoms with Gasteiger partial charge in [0, 0.05) is 24.8 Å². The van der Waals surface area contributed by atoms with E-state index in [-0.39, 0.29) is 23.3 Å². The number of carbonyl (C=O) groups is 1. The van der Waals surface area contributed by atoms with Crippen LogP contribution in [0, 0.1) is 6.92 Å². The highest BCUT2D eigenvalue weighted by Gasteiger charge is 2.46. The average Bonchev–Trinajstić information content (AvgIpc) is 2.90. The minimum Gasteiger partial charge on any atom is -0.367 e. The van der Waals surface area contributed by atoms with Crippen LogP contribution in [0.5, 0.6) is 0 Å². The number of nitrogens with one attached hydrogen (secondary N) is 2. The van der Waals surface area contributed by atoms with Gasteiger partial charge in [0.05, 0.1) is 22.9 Å². The number of unbranched alkanes of at least 4 members (excludes halogenated alkanes) is 1. The summed E-state index contributed by atoms with van der Waals surface area (Å²) < 4.78 is 7.98. The van der Waals surface area contributed by atoms with Crippen LogP contribution in [-0.2, 0) is 17.8 Å². The monoisotopic (exact) mass is 336 g/mol. The lowest BCUT2D eigenvalue weighted by Gasteiger charge is -2.27. The Hall–Kier alpha value is -1.56. The second-order valence-electron chi connectivity index (χ2n) is 7.91. The quantitative estimate of drug-likeness (QED) is 0.838. The van der Waals surface area contributed by atoms with E-state index in [2.05, 4.69) is 36.5 Å². The molecule has 6 heteroatoms. The second-order valence-corrected chi connectivity index (χ2v) is 7.91. The Labute approximate surface area is 145 Å². The van der Waals surface area contributed by atoms with Gasteiger partial charge >= 0.3 is 6.03 Å². The fourth-order valence-corrected chi connectivity index (χ4v) is 3.34. The first-order valence-corrected chi connectivity index (χ1v) is 8.90. The van der Waals surface area contributed by atoms with E-state index in [1.54, 1.807) is 0 Å². The summed E-state index contributed by atoms with van der Waals surface area (Å²) in [5.41, 5.74) is 1.46. The van der Waals surface area contributed by atoms with Crippen LogP contribution in [0.15, 0.2) is 6.20 Å². The normalized spacial score (nSPS) is 21.7. The van der Waals surface area contributed by atoms with Gasteiger partial charge in [0.15, 0.2) is 0 Å². The van der Waals surface area contributed by atoms with Crippen LogP contribution in [0.25, 0.3) is 0 Å². The molecule has 1 atom stereocenters. The van der Waals surface area contributed by atoms with Gasteiger partial charge in [-0.25, -0.2) is 4.79 Å². The van der Waals surface area contributed by atoms with Crippen LogP contribution in [0.2, 0.25) is 0 Å². The molecule has 24 heavy (non-hydrogen) atoms. The third-order valence-electron chi connectivity index (χ3n) is 4.61. The van der Waals surface area contributed by atoms with Crippen LogP contribution >= 0.6 is 0 Å². The van der Waals surface area contributed by atoms with Crippen LogP contribution in [0.3, 0.4) is 0 Å². The molecule has 6 nitrogen and oxygen atoms in total. The Kier molecular flexibility index (Phi) is 5.58. The Balaban J connectivity index is 1.86. The maximum Gasteiger partial charge on any atom is 0.315 e. The molecule has 1 aliphatic heterocycles. The third kappa shape index (κ3) is 4.72. The van der Waals surface area contributed by atoms with Crippen molar-refractivity contribution in [3.8, 4) is 0 Å². The number of hydrogen-bond acceptors (Lipinski definition) is 3. The van der Waals surface area contributed by atoms with Crippen LogP contribution < -0.4 is 10.6 Å². The third-order valence-corrected chi connectivity index (χ3v) is 4.61. The fourth-order valence-electron chi connectivity index (χ4n) is 3.34. The molecule has 0 spiro atoms. The lowest BCUT2D eigenvalue weighted by Crippen LogP contribution is -2.49. The van der Waals surface area contributed by atoms with E-state index in [9.17, 15) is 4.79 Å². The molecule has 1 aromatic rings. The molecule has 2 amide bonds. The molecular weight excluding hydrogens is 304 g/mol. The molecule has 0 radical (unpaired) electrons. The second kappa shape index (κ2) is 7.13. The van der Waals surface area contributed by atoms with Crippen molar-refractivity contribution in [3.63, 3.8) is 0 Å². The first-order valence-electron chi connectivity index (χ1n) is 8.90. The Bertz CT molecular complexity index is 578. The minimum atomic E-state index is -0.359. The lowest BCUT2D eigenvalue weighted by atomic mass is 9.95. The van der Waals surface area contributed by atoms with Crippen molar-refractivity contribution in [1.82, 2.24) is 20.4 Å². The van der Waals surface area contributed by atoms with Gasteiger partial charge in [0.1, 0.15) is 0 Å². The number of ether oxygens (including phenoxy) is 1. The van der Waals surface area contributed by atoms with Gasteiger partial charge in [0.2, 0.25) is 0 Å². The SMILES string of the molecule is CCCCn1cc(CNC(=O)NC2CC(C)(C)OC2(C)C)c(C)n1. The largest absolute Gasteiger partial charge is 0.367 e. The molecule has 1 aromatic heterocycles. The van der Waals surface area contributed by atoms with Gasteiger partial charge in [-0.15, -0.1) is 0 Å². The van der Waals surface area contributed by atoms with Gasteiger partial charge in [-0.05, 0) is 47.5 Å². The zero-order valence-corrected chi connectivity index (χ0v) is 15.9. The summed E-state index contributed by atoms with van der Waals surface area (Å²) in [6, 6.07) is -0.157. The highest BCUT2D eigenvalue weighted by atomic mass is 16.5. The summed E-state index contributed by atoms with van der Waals surface area (Å²) in [4.78, 5) is 12.3. The molecule has 1 fully saturated rings. The summed E-state index contributed by atoms with van der Waals surface area (Å²) in [6.07, 6.45) is 5.09. The Morgan fingerprint density at radius 1 is 1.42 bits per heavy atom. The van der Waals surface area contributed by atoms with Crippen LogP contribution in [-0.4, -0.2) is 33.1 Å². The van der Waals surface area contributed by atoms with E-state index in [1.165, 1.54) is 0 Å². The predicted octanol–water partition coefficient (Wildman–Crippen LogP) is 3.14. The highest BCUT2D eigenvalue weighted by molar-refractivity contribution is 5.74. The Morgan fingerprint density at radius 2 is 2.12 bits per heavy atom. The van der Waals surface area contributed by atoms with E-state index in [4.69, 9.17) is 4.74 Å². The number of aromatic nitrogens is 2. The highest BCUT2D eigenvalue weighted by Crippen LogP contribution is 2.37. The zero-order chi connectivity index (χ0) is 18.0. The van der Waals surface area contributed by atoms with Crippen LogP contribution in [0.4, 0.5) is 4.79 Å². The van der Waals surface area contributed by atoms with Gasteiger partial charge in [-0.2, -0.15) is 5.10 Å². The molecule has 0 aromatic carbocycles. The summed E-state index contributed by atoms with van der Waals surface area (Å²) in [5, 5.41) is 10.5. The lowest BCUT2D eigenvalue weighted by molar-refractivity contribution is -0.0690. The van der Waals surface area contributed by atoms with Crippen molar-refractivity contribution < 1.29 is 9.53 Å². The number of carbonyl (C=O) groups excluding carboxylic acids is 1. The predicted molar refractivity (Wildman–Crippen MR) is 94.9 cm³/mol. The van der Waals surface area contributed by atoms with Crippen molar-refractivity contribution >= 4 is 6.03 Å². The van der Waals surface area contributed by atoms with E-state index in [0.29, 0.717) is 6.54 Å². The smallest absolute Gasteiger partial charge is 0.315 e. The number of amides is 2. The number of rotatable bonds is 6. The number of nitrogens with zero attached hydrogens (tertiary/aromatic N) is 2. The van der Waals surface area contributed by atoms with E-state index >= 15 is 0 Å². The summed E-state index contributed by atoms with van der Waals surface area (Å²) in [7, 11) is 0. The molecular formula is C18H32N4O2. The first kappa shape index (κ1) is 18.8. The first-order chi connectivity index (χ1) is 11.1. The van der Waals surface area contributed by atoms with Crippen molar-refractivity contribution in [2.45, 2.75) is 91.1 Å². The molecule has 136 valence electrons. The molecule has 1 aliphatic rings. The van der Waals surface area contributed by atoms with Crippen molar-refractivity contribution in [2.24, 2.45) is 0 Å². The topological polar surface area (TPSA) is 68.2 Å². The summed E-state index contributed by atoms with van der Waals surface area (Å²) in [6.45, 7) is 13.7. The molecule has 1 unspecified atom stereocenters. The molecule has 0 bridgehead atoms. The van der Waals surface area contributed by atoms with Crippen LogP contribution in [0.1, 0.15) is 65.1 Å². The van der Waals surface area contributed by atoms with E-state index < -0.39 is 0 Å². The van der Waals surface area contributed by atoms with Gasteiger partial charge in [-0.3, -0.25) is 4.68 Å². The fraction of sp³-hybridized carbons (Fsp3) is 0.778. The van der Waals surface area contributed by atoms with Gasteiger partial charge in [0.25, 0.3) is 0 Å². The standard InChI is InChI=1S/C18H32N4O2/c1-7-8-9-22-12-14(13(2)21-22)11-19-16(23)20-15-10-17(3,4)24-18(15,5)6/h12,15H,7-11H2,1-6H3,(H2,19,20,23). The minimum absolute atomic E-state index is 0.000810. The number of aryl methyl sites for hydroxylation is 2. The molecule has 2 heterocycles. The molecule has 0 saturated carbocycles. The maximum absolute atomic E-state index is 12.3. The summed E-state index contributed by atoms with van der Waals surface area (Å²) >= 11 is 0. The van der Waals surface area contributed by atoms with Crippen molar-refractivity contribution in [3.05, 3.63) is 17.5 Å². The zero-order valence-electron chi connectivity index (χ0n) is 15.9. The van der Waals surface area contributed by atoms with Crippen molar-refractivity contribution in [1.29, 1.82) is 0 Å². The Morgan fingerprint density at radius 3 is 2.71 bits per heavy atom. The average molecular weight is 336 g/mol.